The van der Waals surface area contributed by atoms with Crippen molar-refractivity contribution in [1.29, 1.82) is 0 Å². The van der Waals surface area contributed by atoms with Gasteiger partial charge in [0.15, 0.2) is 0 Å². The lowest BCUT2D eigenvalue weighted by molar-refractivity contribution is -0.116. The number of nitrogens with one attached hydrogen (secondary N) is 2. The second-order valence-electron chi connectivity index (χ2n) is 8.05. The van der Waals surface area contributed by atoms with E-state index in [1.54, 1.807) is 18.2 Å². The standard InChI is InChI=1S/C24H27ClFN3O3/c1-15-13-17(24(32)29-12-4-3-5-16(29)2)6-9-21(15)28-22(30)10-11-27-23(31)19-8-7-18(26)14-20(19)25/h6-9,13-14,16H,3-5,10-12H2,1-2H3,(H,27,31)(H,28,30). The first kappa shape index (κ1) is 23.7. The monoisotopic (exact) mass is 459 g/mol. The van der Waals surface area contributed by atoms with Crippen LogP contribution in [0.25, 0.3) is 0 Å². The van der Waals surface area contributed by atoms with Crippen molar-refractivity contribution in [2.24, 2.45) is 0 Å². The molecule has 1 unspecified atom stereocenters. The average Bonchev–Trinajstić information content (AvgIpc) is 2.75. The van der Waals surface area contributed by atoms with Gasteiger partial charge in [-0.3, -0.25) is 14.4 Å². The number of anilines is 1. The van der Waals surface area contributed by atoms with Crippen molar-refractivity contribution in [1.82, 2.24) is 10.2 Å². The number of carbonyl (C=O) groups excluding carboxylic acids is 3. The first-order valence-electron chi connectivity index (χ1n) is 10.7. The number of piperidine rings is 1. The Morgan fingerprint density at radius 1 is 1.16 bits per heavy atom. The molecule has 1 atom stereocenters. The van der Waals surface area contributed by atoms with E-state index in [1.807, 2.05) is 11.8 Å². The maximum atomic E-state index is 13.1. The van der Waals surface area contributed by atoms with Crippen LogP contribution in [-0.4, -0.2) is 41.8 Å². The Morgan fingerprint density at radius 3 is 2.62 bits per heavy atom. The van der Waals surface area contributed by atoms with Gasteiger partial charge in [-0.2, -0.15) is 0 Å². The van der Waals surface area contributed by atoms with Crippen molar-refractivity contribution in [3.8, 4) is 0 Å². The molecule has 2 N–H and O–H groups in total. The quantitative estimate of drug-likeness (QED) is 0.664. The van der Waals surface area contributed by atoms with Gasteiger partial charge in [-0.15, -0.1) is 0 Å². The second-order valence-corrected chi connectivity index (χ2v) is 8.46. The van der Waals surface area contributed by atoms with Gasteiger partial charge in [-0.05, 0) is 75.1 Å². The summed E-state index contributed by atoms with van der Waals surface area (Å²) >= 11 is 5.88. The van der Waals surface area contributed by atoms with Crippen LogP contribution in [0.5, 0.6) is 0 Å². The minimum absolute atomic E-state index is 0.0103. The van der Waals surface area contributed by atoms with Crippen LogP contribution in [0.4, 0.5) is 10.1 Å². The van der Waals surface area contributed by atoms with Gasteiger partial charge in [0.1, 0.15) is 5.82 Å². The smallest absolute Gasteiger partial charge is 0.254 e. The highest BCUT2D eigenvalue weighted by molar-refractivity contribution is 6.33. The van der Waals surface area contributed by atoms with Crippen molar-refractivity contribution in [3.63, 3.8) is 0 Å². The van der Waals surface area contributed by atoms with Crippen molar-refractivity contribution in [2.45, 2.75) is 45.6 Å². The van der Waals surface area contributed by atoms with Gasteiger partial charge in [0, 0.05) is 36.8 Å². The molecular weight excluding hydrogens is 433 g/mol. The molecule has 8 heteroatoms. The number of aryl methyl sites for hydroxylation is 1. The number of rotatable bonds is 6. The average molecular weight is 460 g/mol. The van der Waals surface area contributed by atoms with Crippen molar-refractivity contribution in [3.05, 3.63) is 63.9 Å². The van der Waals surface area contributed by atoms with E-state index in [9.17, 15) is 18.8 Å². The Hall–Kier alpha value is -2.93. The first-order valence-corrected chi connectivity index (χ1v) is 11.1. The molecule has 0 spiro atoms. The molecule has 0 bridgehead atoms. The van der Waals surface area contributed by atoms with E-state index in [2.05, 4.69) is 17.6 Å². The maximum Gasteiger partial charge on any atom is 0.254 e. The molecule has 6 nitrogen and oxygen atoms in total. The van der Waals surface area contributed by atoms with Crippen LogP contribution in [0.15, 0.2) is 36.4 Å². The zero-order valence-corrected chi connectivity index (χ0v) is 19.0. The van der Waals surface area contributed by atoms with Crippen LogP contribution in [0.3, 0.4) is 0 Å². The Balaban J connectivity index is 1.52. The molecule has 2 aromatic carbocycles. The number of benzene rings is 2. The first-order chi connectivity index (χ1) is 15.3. The highest BCUT2D eigenvalue weighted by Crippen LogP contribution is 2.22. The second kappa shape index (κ2) is 10.6. The Kier molecular flexibility index (Phi) is 7.85. The van der Waals surface area contributed by atoms with E-state index in [4.69, 9.17) is 11.6 Å². The fraction of sp³-hybridized carbons (Fsp3) is 0.375. The van der Waals surface area contributed by atoms with Crippen LogP contribution < -0.4 is 10.6 Å². The van der Waals surface area contributed by atoms with Crippen LogP contribution in [0, 0.1) is 12.7 Å². The number of amides is 3. The number of hydrogen-bond acceptors (Lipinski definition) is 3. The highest BCUT2D eigenvalue weighted by Gasteiger charge is 2.24. The van der Waals surface area contributed by atoms with Gasteiger partial charge >= 0.3 is 0 Å². The van der Waals surface area contributed by atoms with Gasteiger partial charge in [-0.25, -0.2) is 4.39 Å². The molecule has 0 aliphatic carbocycles. The molecule has 0 aromatic heterocycles. The summed E-state index contributed by atoms with van der Waals surface area (Å²) in [5.41, 5.74) is 2.16. The molecule has 1 heterocycles. The maximum absolute atomic E-state index is 13.1. The van der Waals surface area contributed by atoms with E-state index in [0.29, 0.717) is 11.3 Å². The Morgan fingerprint density at radius 2 is 1.94 bits per heavy atom. The highest BCUT2D eigenvalue weighted by atomic mass is 35.5. The molecule has 3 rings (SSSR count). The van der Waals surface area contributed by atoms with Crippen LogP contribution >= 0.6 is 11.6 Å². The SMILES string of the molecule is Cc1cc(C(=O)N2CCCCC2C)ccc1NC(=O)CCNC(=O)c1ccc(F)cc1Cl. The molecule has 1 aliphatic heterocycles. The number of carbonyl (C=O) groups is 3. The van der Waals surface area contributed by atoms with E-state index in [-0.39, 0.29) is 41.4 Å². The van der Waals surface area contributed by atoms with E-state index >= 15 is 0 Å². The lowest BCUT2D eigenvalue weighted by Crippen LogP contribution is -2.42. The summed E-state index contributed by atoms with van der Waals surface area (Å²) in [7, 11) is 0. The summed E-state index contributed by atoms with van der Waals surface area (Å²) < 4.78 is 13.1. The zero-order chi connectivity index (χ0) is 23.3. The molecule has 170 valence electrons. The minimum atomic E-state index is -0.528. The minimum Gasteiger partial charge on any atom is -0.351 e. The van der Waals surface area contributed by atoms with Crippen molar-refractivity contribution in [2.75, 3.05) is 18.4 Å². The Bertz CT molecular complexity index is 1030. The van der Waals surface area contributed by atoms with Gasteiger partial charge in [0.25, 0.3) is 11.8 Å². The Labute approximate surface area is 192 Å². The third-order valence-electron chi connectivity index (χ3n) is 5.62. The largest absolute Gasteiger partial charge is 0.351 e. The van der Waals surface area contributed by atoms with Crippen LogP contribution in [0.1, 0.15) is 58.9 Å². The summed E-state index contributed by atoms with van der Waals surface area (Å²) in [5.74, 6) is -1.27. The topological polar surface area (TPSA) is 78.5 Å². The van der Waals surface area contributed by atoms with Crippen molar-refractivity contribution >= 4 is 35.0 Å². The zero-order valence-electron chi connectivity index (χ0n) is 18.2. The molecular formula is C24H27ClFN3O3. The van der Waals surface area contributed by atoms with Crippen LogP contribution in [0.2, 0.25) is 5.02 Å². The van der Waals surface area contributed by atoms with Gasteiger partial charge in [0.2, 0.25) is 5.91 Å². The summed E-state index contributed by atoms with van der Waals surface area (Å²) in [5, 5.41) is 5.41. The molecule has 1 aliphatic rings. The molecule has 1 fully saturated rings. The summed E-state index contributed by atoms with van der Waals surface area (Å²) in [6.07, 6.45) is 3.23. The predicted molar refractivity (Wildman–Crippen MR) is 123 cm³/mol. The summed E-state index contributed by atoms with van der Waals surface area (Å²) in [4.78, 5) is 39.2. The normalized spacial score (nSPS) is 15.9. The third-order valence-corrected chi connectivity index (χ3v) is 5.94. The van der Waals surface area contributed by atoms with Gasteiger partial charge in [-0.1, -0.05) is 11.6 Å². The molecule has 0 radical (unpaired) electrons. The summed E-state index contributed by atoms with van der Waals surface area (Å²) in [6, 6.07) is 8.98. The summed E-state index contributed by atoms with van der Waals surface area (Å²) in [6.45, 7) is 4.78. The lowest BCUT2D eigenvalue weighted by atomic mass is 10.0. The number of likely N-dealkylation sites (tertiary alicyclic amines) is 1. The lowest BCUT2D eigenvalue weighted by Gasteiger charge is -2.33. The fourth-order valence-corrected chi connectivity index (χ4v) is 4.03. The van der Waals surface area contributed by atoms with Crippen molar-refractivity contribution < 1.29 is 18.8 Å². The number of nitrogens with zero attached hydrogens (tertiary/aromatic N) is 1. The molecule has 3 amide bonds. The molecule has 1 saturated heterocycles. The fourth-order valence-electron chi connectivity index (χ4n) is 3.77. The van der Waals surface area contributed by atoms with Gasteiger partial charge in [0.05, 0.1) is 10.6 Å². The molecule has 0 saturated carbocycles. The van der Waals surface area contributed by atoms with E-state index < -0.39 is 11.7 Å². The number of halogens is 2. The number of hydrogen-bond donors (Lipinski definition) is 2. The molecule has 2 aromatic rings. The molecule has 32 heavy (non-hydrogen) atoms. The van der Waals surface area contributed by atoms with E-state index in [1.165, 1.54) is 6.07 Å². The van der Waals surface area contributed by atoms with Crippen LogP contribution in [-0.2, 0) is 4.79 Å². The third kappa shape index (κ3) is 5.85. The predicted octanol–water partition coefficient (Wildman–Crippen LogP) is 4.56. The van der Waals surface area contributed by atoms with E-state index in [0.717, 1.165) is 43.5 Å². The van der Waals surface area contributed by atoms with Gasteiger partial charge < -0.3 is 15.5 Å².